The number of aromatic nitrogens is 2. The Morgan fingerprint density at radius 2 is 2.07 bits per heavy atom. The standard InChI is InChI=1S/C16H26N6O6S/c1-10(18-11-4-6-17-7-5-11)8-14-19-20-15(27-14)13-3-2-12-9-21(13)16(23)22(12)28-29(24,25)26/h10-13,17-18H,2-9H2,1H3,(H,24,25,26)/t10?,12-,13+/m1/s1. The molecule has 2 bridgehead atoms. The maximum absolute atomic E-state index is 12.5. The van der Waals surface area contributed by atoms with E-state index in [0.717, 1.165) is 25.9 Å². The first-order valence-electron chi connectivity index (χ1n) is 9.86. The number of hydrogen-bond acceptors (Lipinski definition) is 9. The van der Waals surface area contributed by atoms with Crippen LogP contribution in [0.5, 0.6) is 0 Å². The van der Waals surface area contributed by atoms with Gasteiger partial charge in [0.05, 0.1) is 6.04 Å². The Bertz CT molecular complexity index is 841. The predicted molar refractivity (Wildman–Crippen MR) is 98.8 cm³/mol. The maximum Gasteiger partial charge on any atom is 0.418 e. The normalized spacial score (nSPS) is 26.9. The zero-order chi connectivity index (χ0) is 20.6. The molecule has 0 aliphatic carbocycles. The van der Waals surface area contributed by atoms with Crippen molar-refractivity contribution in [2.75, 3.05) is 19.6 Å². The summed E-state index contributed by atoms with van der Waals surface area (Å²) in [5.41, 5.74) is 0. The van der Waals surface area contributed by atoms with Crippen molar-refractivity contribution >= 4 is 16.4 Å². The van der Waals surface area contributed by atoms with E-state index in [4.69, 9.17) is 8.97 Å². The molecule has 3 atom stereocenters. The summed E-state index contributed by atoms with van der Waals surface area (Å²) in [5, 5.41) is 15.9. The minimum absolute atomic E-state index is 0.175. The molecule has 1 aromatic rings. The Balaban J connectivity index is 1.37. The third-order valence-corrected chi connectivity index (χ3v) is 5.95. The van der Waals surface area contributed by atoms with E-state index in [1.807, 2.05) is 0 Å². The number of urea groups is 1. The molecule has 29 heavy (non-hydrogen) atoms. The van der Waals surface area contributed by atoms with Crippen molar-refractivity contribution in [3.05, 3.63) is 11.8 Å². The second kappa shape index (κ2) is 8.14. The number of fused-ring (bicyclic) bond motifs is 2. The van der Waals surface area contributed by atoms with Gasteiger partial charge < -0.3 is 20.0 Å². The molecule has 2 amide bonds. The average molecular weight is 430 g/mol. The molecule has 1 unspecified atom stereocenters. The van der Waals surface area contributed by atoms with Gasteiger partial charge in [0.2, 0.25) is 11.8 Å². The predicted octanol–water partition coefficient (Wildman–Crippen LogP) is 0.0177. The molecule has 3 aliphatic rings. The third kappa shape index (κ3) is 4.69. The molecule has 3 fully saturated rings. The Hall–Kier alpha value is -1.80. The van der Waals surface area contributed by atoms with Gasteiger partial charge in [0.25, 0.3) is 0 Å². The summed E-state index contributed by atoms with van der Waals surface area (Å²) < 4.78 is 41.1. The van der Waals surface area contributed by atoms with Gasteiger partial charge in [-0.2, -0.15) is 13.5 Å². The molecule has 1 aromatic heterocycles. The van der Waals surface area contributed by atoms with E-state index in [1.54, 1.807) is 0 Å². The average Bonchev–Trinajstić information content (AvgIpc) is 3.21. The fraction of sp³-hybridized carbons (Fsp3) is 0.812. The Kier molecular flexibility index (Phi) is 5.75. The molecule has 0 saturated carbocycles. The van der Waals surface area contributed by atoms with Crippen LogP contribution >= 0.6 is 0 Å². The van der Waals surface area contributed by atoms with Crippen molar-refractivity contribution < 1.29 is 26.5 Å². The van der Waals surface area contributed by atoms with Crippen molar-refractivity contribution in [2.45, 2.75) is 63.2 Å². The fourth-order valence-corrected chi connectivity index (χ4v) is 4.67. The summed E-state index contributed by atoms with van der Waals surface area (Å²) in [6.07, 6.45) is 3.78. The monoisotopic (exact) mass is 430 g/mol. The van der Waals surface area contributed by atoms with Gasteiger partial charge in [-0.25, -0.2) is 4.79 Å². The number of nitrogens with zero attached hydrogens (tertiary/aromatic N) is 4. The zero-order valence-electron chi connectivity index (χ0n) is 16.2. The van der Waals surface area contributed by atoms with Crippen LogP contribution in [0.3, 0.4) is 0 Å². The van der Waals surface area contributed by atoms with E-state index >= 15 is 0 Å². The van der Waals surface area contributed by atoms with Gasteiger partial charge in [0, 0.05) is 25.0 Å². The van der Waals surface area contributed by atoms with Gasteiger partial charge in [-0.15, -0.1) is 14.5 Å². The first kappa shape index (κ1) is 20.5. The Labute approximate surface area is 168 Å². The van der Waals surface area contributed by atoms with Crippen LogP contribution in [0.1, 0.15) is 50.4 Å². The van der Waals surface area contributed by atoms with Gasteiger partial charge in [-0.3, -0.25) is 4.55 Å². The van der Waals surface area contributed by atoms with Crippen LogP contribution in [0.4, 0.5) is 4.79 Å². The van der Waals surface area contributed by atoms with Crippen molar-refractivity contribution in [2.24, 2.45) is 0 Å². The number of hydroxylamine groups is 2. The van der Waals surface area contributed by atoms with E-state index in [0.29, 0.717) is 42.1 Å². The number of amides is 2. The molecule has 4 rings (SSSR count). The Morgan fingerprint density at radius 3 is 2.79 bits per heavy atom. The first-order valence-corrected chi connectivity index (χ1v) is 11.2. The van der Waals surface area contributed by atoms with E-state index in [9.17, 15) is 13.2 Å². The molecular weight excluding hydrogens is 404 g/mol. The highest BCUT2D eigenvalue weighted by atomic mass is 32.3. The molecule has 0 radical (unpaired) electrons. The molecule has 4 heterocycles. The second-order valence-corrected chi connectivity index (χ2v) is 8.84. The highest BCUT2D eigenvalue weighted by Crippen LogP contribution is 2.38. The molecule has 3 aliphatic heterocycles. The summed E-state index contributed by atoms with van der Waals surface area (Å²) in [4.78, 5) is 13.9. The van der Waals surface area contributed by atoms with Gasteiger partial charge in [0.1, 0.15) is 6.04 Å². The Morgan fingerprint density at radius 1 is 1.31 bits per heavy atom. The molecule has 0 aromatic carbocycles. The molecule has 3 N–H and O–H groups in total. The van der Waals surface area contributed by atoms with Gasteiger partial charge in [-0.1, -0.05) is 0 Å². The number of rotatable bonds is 7. The fourth-order valence-electron chi connectivity index (χ4n) is 4.28. The summed E-state index contributed by atoms with van der Waals surface area (Å²) in [6.45, 7) is 4.37. The topological polar surface area (TPSA) is 150 Å². The van der Waals surface area contributed by atoms with E-state index in [2.05, 4.69) is 32.0 Å². The number of carbonyl (C=O) groups excluding carboxylic acids is 1. The molecule has 162 valence electrons. The van der Waals surface area contributed by atoms with Crippen molar-refractivity contribution in [1.82, 2.24) is 30.8 Å². The van der Waals surface area contributed by atoms with Crippen LogP contribution in [0.15, 0.2) is 4.42 Å². The minimum Gasteiger partial charge on any atom is -0.423 e. The summed E-state index contributed by atoms with van der Waals surface area (Å²) in [5.74, 6) is 0.823. The maximum atomic E-state index is 12.5. The van der Waals surface area contributed by atoms with Crippen LogP contribution in [0.2, 0.25) is 0 Å². The van der Waals surface area contributed by atoms with E-state index < -0.39 is 28.5 Å². The van der Waals surface area contributed by atoms with Crippen molar-refractivity contribution in [3.8, 4) is 0 Å². The lowest BCUT2D eigenvalue weighted by Crippen LogP contribution is -2.44. The van der Waals surface area contributed by atoms with Crippen LogP contribution in [-0.2, 0) is 21.1 Å². The minimum atomic E-state index is -4.77. The quantitative estimate of drug-likeness (QED) is 0.505. The highest BCUT2D eigenvalue weighted by molar-refractivity contribution is 7.80. The summed E-state index contributed by atoms with van der Waals surface area (Å²) in [7, 11) is -4.77. The lowest BCUT2D eigenvalue weighted by atomic mass is 10.0. The lowest BCUT2D eigenvalue weighted by Gasteiger charge is -2.27. The smallest absolute Gasteiger partial charge is 0.418 e. The van der Waals surface area contributed by atoms with Crippen LogP contribution in [0, 0.1) is 0 Å². The summed E-state index contributed by atoms with van der Waals surface area (Å²) >= 11 is 0. The number of hydrogen-bond donors (Lipinski definition) is 3. The number of nitrogens with one attached hydrogen (secondary N) is 2. The molecule has 3 saturated heterocycles. The van der Waals surface area contributed by atoms with Gasteiger partial charge in [0.15, 0.2) is 0 Å². The van der Waals surface area contributed by atoms with Gasteiger partial charge >= 0.3 is 16.4 Å². The van der Waals surface area contributed by atoms with E-state index in [1.165, 1.54) is 4.90 Å². The second-order valence-electron chi connectivity index (χ2n) is 7.84. The number of piperidine rings is 2. The first-order chi connectivity index (χ1) is 13.8. The largest absolute Gasteiger partial charge is 0.423 e. The summed E-state index contributed by atoms with van der Waals surface area (Å²) in [6, 6.07) is -0.884. The molecular formula is C16H26N6O6S. The van der Waals surface area contributed by atoms with Gasteiger partial charge in [-0.05, 0) is 45.7 Å². The zero-order valence-corrected chi connectivity index (χ0v) is 17.0. The highest BCUT2D eigenvalue weighted by Gasteiger charge is 2.49. The molecule has 13 heteroatoms. The van der Waals surface area contributed by atoms with Crippen molar-refractivity contribution in [3.63, 3.8) is 0 Å². The molecule has 0 spiro atoms. The lowest BCUT2D eigenvalue weighted by molar-refractivity contribution is -0.0317. The van der Waals surface area contributed by atoms with Crippen LogP contribution in [0.25, 0.3) is 0 Å². The number of carbonyl (C=O) groups is 1. The molecule has 12 nitrogen and oxygen atoms in total. The van der Waals surface area contributed by atoms with Crippen LogP contribution < -0.4 is 10.6 Å². The van der Waals surface area contributed by atoms with E-state index in [-0.39, 0.29) is 12.6 Å². The SMILES string of the molecule is CC(Cc1nnc([C@@H]2CC[C@@H]3CN2C(=O)N3OS(=O)(=O)O)o1)NC1CCNCC1. The van der Waals surface area contributed by atoms with Crippen LogP contribution in [-0.4, -0.2) is 76.9 Å². The third-order valence-electron chi connectivity index (χ3n) is 5.61. The van der Waals surface area contributed by atoms with Crippen molar-refractivity contribution in [1.29, 1.82) is 0 Å².